The number of likely N-dealkylation sites (tertiary alicyclic amines) is 1. The highest BCUT2D eigenvalue weighted by molar-refractivity contribution is 5.81. The van der Waals surface area contributed by atoms with E-state index in [-0.39, 0.29) is 0 Å². The molecule has 1 aromatic carbocycles. The number of rotatable bonds is 2. The summed E-state index contributed by atoms with van der Waals surface area (Å²) in [7, 11) is 0. The standard InChI is InChI=1S/C17H22N2O/c1-2-19-15-6-4-3-5-13(15)14-11-18(10-9-16(14)19)17(20)12-7-8-12/h3-6,12,14,16H,2,7-11H2,1H3/t14-,16-/m0/s1. The molecule has 1 saturated carbocycles. The lowest BCUT2D eigenvalue weighted by atomic mass is 9.89. The molecule has 2 fully saturated rings. The van der Waals surface area contributed by atoms with Crippen LogP contribution < -0.4 is 4.90 Å². The van der Waals surface area contributed by atoms with Crippen molar-refractivity contribution in [2.24, 2.45) is 5.92 Å². The van der Waals surface area contributed by atoms with Crippen molar-refractivity contribution in [2.45, 2.75) is 38.1 Å². The van der Waals surface area contributed by atoms with Crippen LogP contribution in [0.2, 0.25) is 0 Å². The van der Waals surface area contributed by atoms with E-state index in [2.05, 4.69) is 41.0 Å². The van der Waals surface area contributed by atoms with E-state index in [9.17, 15) is 4.79 Å². The summed E-state index contributed by atoms with van der Waals surface area (Å²) >= 11 is 0. The summed E-state index contributed by atoms with van der Waals surface area (Å²) in [5.41, 5.74) is 2.85. The lowest BCUT2D eigenvalue weighted by Gasteiger charge is -2.38. The SMILES string of the molecule is CCN1c2ccccc2[C@@H]2CN(C(=O)C3CC3)CC[C@@H]21. The number of benzene rings is 1. The van der Waals surface area contributed by atoms with E-state index in [0.717, 1.165) is 38.9 Å². The molecule has 1 aromatic rings. The smallest absolute Gasteiger partial charge is 0.225 e. The van der Waals surface area contributed by atoms with Crippen LogP contribution in [-0.2, 0) is 4.79 Å². The molecule has 2 atom stereocenters. The van der Waals surface area contributed by atoms with E-state index in [1.165, 1.54) is 11.3 Å². The zero-order valence-electron chi connectivity index (χ0n) is 12.1. The molecule has 0 bridgehead atoms. The Morgan fingerprint density at radius 1 is 1.25 bits per heavy atom. The van der Waals surface area contributed by atoms with Crippen LogP contribution in [0.1, 0.15) is 37.7 Å². The highest BCUT2D eigenvalue weighted by Gasteiger charge is 2.44. The van der Waals surface area contributed by atoms with Gasteiger partial charge < -0.3 is 9.80 Å². The maximum Gasteiger partial charge on any atom is 0.225 e. The summed E-state index contributed by atoms with van der Waals surface area (Å²) in [5, 5.41) is 0. The summed E-state index contributed by atoms with van der Waals surface area (Å²) in [4.78, 5) is 17.0. The maximum atomic E-state index is 12.3. The first-order valence-corrected chi connectivity index (χ1v) is 7.94. The predicted octanol–water partition coefficient (Wildman–Crippen LogP) is 2.62. The van der Waals surface area contributed by atoms with E-state index in [0.29, 0.717) is 23.8 Å². The molecular weight excluding hydrogens is 248 g/mol. The lowest BCUT2D eigenvalue weighted by Crippen LogP contribution is -2.48. The Hall–Kier alpha value is -1.51. The van der Waals surface area contributed by atoms with Gasteiger partial charge in [0.1, 0.15) is 0 Å². The quantitative estimate of drug-likeness (QED) is 0.825. The fraction of sp³-hybridized carbons (Fsp3) is 0.588. The van der Waals surface area contributed by atoms with Crippen molar-refractivity contribution in [2.75, 3.05) is 24.5 Å². The van der Waals surface area contributed by atoms with E-state index in [1.807, 2.05) is 0 Å². The van der Waals surface area contributed by atoms with Gasteiger partial charge in [0.2, 0.25) is 5.91 Å². The molecule has 3 heteroatoms. The van der Waals surface area contributed by atoms with Crippen LogP contribution in [0.5, 0.6) is 0 Å². The monoisotopic (exact) mass is 270 g/mol. The topological polar surface area (TPSA) is 23.6 Å². The minimum atomic E-state index is 0.352. The summed E-state index contributed by atoms with van der Waals surface area (Å²) < 4.78 is 0. The zero-order valence-corrected chi connectivity index (χ0v) is 12.1. The predicted molar refractivity (Wildman–Crippen MR) is 79.9 cm³/mol. The van der Waals surface area contributed by atoms with E-state index < -0.39 is 0 Å². The second-order valence-electron chi connectivity index (χ2n) is 6.37. The largest absolute Gasteiger partial charge is 0.368 e. The van der Waals surface area contributed by atoms with Gasteiger partial charge in [-0.2, -0.15) is 0 Å². The Morgan fingerprint density at radius 3 is 2.80 bits per heavy atom. The molecule has 0 N–H and O–H groups in total. The number of fused-ring (bicyclic) bond motifs is 3. The van der Waals surface area contributed by atoms with Gasteiger partial charge >= 0.3 is 0 Å². The third kappa shape index (κ3) is 1.75. The molecule has 0 aromatic heterocycles. The number of hydrogen-bond donors (Lipinski definition) is 0. The molecular formula is C17H22N2O. The first kappa shape index (κ1) is 12.2. The van der Waals surface area contributed by atoms with Crippen molar-refractivity contribution in [1.29, 1.82) is 0 Å². The molecule has 0 spiro atoms. The van der Waals surface area contributed by atoms with Crippen molar-refractivity contribution in [1.82, 2.24) is 4.90 Å². The molecule has 2 heterocycles. The summed E-state index contributed by atoms with van der Waals surface area (Å²) in [5.74, 6) is 1.28. The average molecular weight is 270 g/mol. The Morgan fingerprint density at radius 2 is 2.05 bits per heavy atom. The number of anilines is 1. The van der Waals surface area contributed by atoms with Gasteiger partial charge in [0.15, 0.2) is 0 Å². The normalized spacial score (nSPS) is 28.2. The third-order valence-electron chi connectivity index (χ3n) is 5.20. The molecule has 4 rings (SSSR count). The maximum absolute atomic E-state index is 12.3. The zero-order chi connectivity index (χ0) is 13.7. The van der Waals surface area contributed by atoms with Gasteiger partial charge in [-0.05, 0) is 37.8 Å². The summed E-state index contributed by atoms with van der Waals surface area (Å²) in [6, 6.07) is 9.36. The number of carbonyl (C=O) groups excluding carboxylic acids is 1. The van der Waals surface area contributed by atoms with E-state index >= 15 is 0 Å². The van der Waals surface area contributed by atoms with Crippen LogP contribution >= 0.6 is 0 Å². The molecule has 3 aliphatic rings. The number of carbonyl (C=O) groups is 1. The van der Waals surface area contributed by atoms with E-state index in [4.69, 9.17) is 0 Å². The number of para-hydroxylation sites is 1. The van der Waals surface area contributed by atoms with Crippen molar-refractivity contribution in [3.05, 3.63) is 29.8 Å². The van der Waals surface area contributed by atoms with Crippen LogP contribution in [0.15, 0.2) is 24.3 Å². The van der Waals surface area contributed by atoms with Crippen LogP contribution in [0, 0.1) is 5.92 Å². The third-order valence-corrected chi connectivity index (χ3v) is 5.20. The van der Waals surface area contributed by atoms with Gasteiger partial charge in [0, 0.05) is 43.2 Å². The number of amides is 1. The minimum Gasteiger partial charge on any atom is -0.368 e. The van der Waals surface area contributed by atoms with Crippen molar-refractivity contribution < 1.29 is 4.79 Å². The second-order valence-corrected chi connectivity index (χ2v) is 6.37. The molecule has 0 radical (unpaired) electrons. The van der Waals surface area contributed by atoms with Crippen LogP contribution in [0.25, 0.3) is 0 Å². The fourth-order valence-corrected chi connectivity index (χ4v) is 4.05. The van der Waals surface area contributed by atoms with Crippen LogP contribution in [0.4, 0.5) is 5.69 Å². The summed E-state index contributed by atoms with van der Waals surface area (Å²) in [6.45, 7) is 5.17. The van der Waals surface area contributed by atoms with Crippen LogP contribution in [0.3, 0.4) is 0 Å². The lowest BCUT2D eigenvalue weighted by molar-refractivity contribution is -0.133. The van der Waals surface area contributed by atoms with Gasteiger partial charge in [0.25, 0.3) is 0 Å². The molecule has 0 unspecified atom stereocenters. The van der Waals surface area contributed by atoms with E-state index in [1.54, 1.807) is 0 Å². The number of hydrogen-bond acceptors (Lipinski definition) is 2. The van der Waals surface area contributed by atoms with Gasteiger partial charge in [-0.3, -0.25) is 4.79 Å². The molecule has 2 aliphatic heterocycles. The first-order chi connectivity index (χ1) is 9.79. The fourth-order valence-electron chi connectivity index (χ4n) is 4.05. The molecule has 106 valence electrons. The molecule has 3 nitrogen and oxygen atoms in total. The average Bonchev–Trinajstić information content (AvgIpc) is 3.29. The highest BCUT2D eigenvalue weighted by atomic mass is 16.2. The Labute approximate surface area is 120 Å². The minimum absolute atomic E-state index is 0.352. The van der Waals surface area contributed by atoms with Gasteiger partial charge in [-0.1, -0.05) is 18.2 Å². The Balaban J connectivity index is 1.62. The second kappa shape index (κ2) is 4.51. The number of piperidine rings is 1. The van der Waals surface area contributed by atoms with Gasteiger partial charge in [-0.25, -0.2) is 0 Å². The van der Waals surface area contributed by atoms with Gasteiger partial charge in [0.05, 0.1) is 0 Å². The summed E-state index contributed by atoms with van der Waals surface area (Å²) in [6.07, 6.45) is 3.34. The highest BCUT2D eigenvalue weighted by Crippen LogP contribution is 2.45. The molecule has 1 amide bonds. The first-order valence-electron chi connectivity index (χ1n) is 7.94. The van der Waals surface area contributed by atoms with Crippen molar-refractivity contribution in [3.63, 3.8) is 0 Å². The number of nitrogens with zero attached hydrogens (tertiary/aromatic N) is 2. The Kier molecular flexibility index (Phi) is 2.76. The number of likely N-dealkylation sites (N-methyl/N-ethyl adjacent to an activating group) is 1. The molecule has 1 saturated heterocycles. The van der Waals surface area contributed by atoms with Gasteiger partial charge in [-0.15, -0.1) is 0 Å². The molecule has 20 heavy (non-hydrogen) atoms. The molecule has 1 aliphatic carbocycles. The van der Waals surface area contributed by atoms with Crippen molar-refractivity contribution >= 4 is 11.6 Å². The van der Waals surface area contributed by atoms with Crippen LogP contribution in [-0.4, -0.2) is 36.5 Å². The Bertz CT molecular complexity index is 538. The van der Waals surface area contributed by atoms with Crippen molar-refractivity contribution in [3.8, 4) is 0 Å².